The van der Waals surface area contributed by atoms with Gasteiger partial charge in [0.05, 0.1) is 6.61 Å². The van der Waals surface area contributed by atoms with E-state index in [0.717, 1.165) is 19.4 Å². The van der Waals surface area contributed by atoms with Gasteiger partial charge in [-0.05, 0) is 19.8 Å². The highest BCUT2D eigenvalue weighted by molar-refractivity contribution is 5.85. The van der Waals surface area contributed by atoms with Crippen molar-refractivity contribution >= 4 is 18.5 Å². The van der Waals surface area contributed by atoms with Crippen molar-refractivity contribution in [3.8, 4) is 0 Å². The maximum Gasteiger partial charge on any atom is 0.409 e. The van der Waals surface area contributed by atoms with Gasteiger partial charge in [0.25, 0.3) is 0 Å². The topological polar surface area (TPSA) is 55.6 Å². The van der Waals surface area contributed by atoms with Crippen LogP contribution in [-0.4, -0.2) is 36.7 Å². The fourth-order valence-corrected chi connectivity index (χ4v) is 1.39. The van der Waals surface area contributed by atoms with Crippen molar-refractivity contribution in [2.75, 3.05) is 19.7 Å². The third-order valence-electron chi connectivity index (χ3n) is 1.98. The molecule has 0 aromatic carbocycles. The van der Waals surface area contributed by atoms with Gasteiger partial charge in [0.2, 0.25) is 0 Å². The van der Waals surface area contributed by atoms with Crippen molar-refractivity contribution in [1.29, 1.82) is 0 Å². The molecule has 1 heterocycles. The van der Waals surface area contributed by atoms with Crippen LogP contribution in [-0.2, 0) is 4.74 Å². The number of halogens is 1. The van der Waals surface area contributed by atoms with Crippen molar-refractivity contribution in [2.45, 2.75) is 25.8 Å². The lowest BCUT2D eigenvalue weighted by molar-refractivity contribution is 0.0962. The Kier molecular flexibility index (Phi) is 5.82. The van der Waals surface area contributed by atoms with Crippen LogP contribution in [0.3, 0.4) is 0 Å². The fourth-order valence-electron chi connectivity index (χ4n) is 1.39. The molecule has 0 aliphatic carbocycles. The van der Waals surface area contributed by atoms with Crippen LogP contribution in [0.25, 0.3) is 0 Å². The first-order valence-electron chi connectivity index (χ1n) is 4.41. The summed E-state index contributed by atoms with van der Waals surface area (Å²) in [6, 6.07) is 0.128. The Balaban J connectivity index is 0.00000144. The second kappa shape index (κ2) is 6.05. The third-order valence-corrected chi connectivity index (χ3v) is 1.98. The number of hydrogen-bond donors (Lipinski definition) is 1. The van der Waals surface area contributed by atoms with Crippen LogP contribution in [0.4, 0.5) is 4.79 Å². The highest BCUT2D eigenvalue weighted by atomic mass is 35.5. The molecule has 13 heavy (non-hydrogen) atoms. The molecule has 1 amide bonds. The second-order valence-corrected chi connectivity index (χ2v) is 3.05. The number of piperidine rings is 1. The Morgan fingerprint density at radius 2 is 2.38 bits per heavy atom. The maximum atomic E-state index is 11.2. The first-order chi connectivity index (χ1) is 5.74. The largest absolute Gasteiger partial charge is 0.450 e. The molecule has 2 N–H and O–H groups in total. The van der Waals surface area contributed by atoms with Gasteiger partial charge in [0.15, 0.2) is 0 Å². The zero-order valence-electron chi connectivity index (χ0n) is 7.86. The first-order valence-corrected chi connectivity index (χ1v) is 4.41. The molecule has 1 fully saturated rings. The van der Waals surface area contributed by atoms with Gasteiger partial charge in [-0.1, -0.05) is 0 Å². The van der Waals surface area contributed by atoms with Crippen molar-refractivity contribution in [2.24, 2.45) is 5.73 Å². The van der Waals surface area contributed by atoms with Crippen LogP contribution < -0.4 is 5.73 Å². The van der Waals surface area contributed by atoms with Gasteiger partial charge in [0, 0.05) is 19.1 Å². The lowest BCUT2D eigenvalue weighted by Gasteiger charge is -2.29. The molecule has 1 atom stereocenters. The number of hydrogen-bond acceptors (Lipinski definition) is 3. The summed E-state index contributed by atoms with van der Waals surface area (Å²) in [6.45, 7) is 3.66. The van der Waals surface area contributed by atoms with E-state index in [0.29, 0.717) is 13.2 Å². The van der Waals surface area contributed by atoms with Gasteiger partial charge < -0.3 is 15.4 Å². The van der Waals surface area contributed by atoms with E-state index in [1.54, 1.807) is 4.90 Å². The fraction of sp³-hybridized carbons (Fsp3) is 0.875. The van der Waals surface area contributed by atoms with E-state index in [9.17, 15) is 4.79 Å². The minimum Gasteiger partial charge on any atom is -0.450 e. The Labute approximate surface area is 84.8 Å². The number of rotatable bonds is 1. The first kappa shape index (κ1) is 12.5. The molecule has 1 aliphatic heterocycles. The summed E-state index contributed by atoms with van der Waals surface area (Å²) in [4.78, 5) is 12.9. The predicted molar refractivity (Wildman–Crippen MR) is 53.1 cm³/mol. The number of nitrogens with two attached hydrogens (primary N) is 1. The van der Waals surface area contributed by atoms with Gasteiger partial charge in [-0.3, -0.25) is 0 Å². The molecule has 1 saturated heterocycles. The molecule has 0 unspecified atom stereocenters. The van der Waals surface area contributed by atoms with E-state index in [4.69, 9.17) is 10.5 Å². The molecule has 0 radical (unpaired) electrons. The summed E-state index contributed by atoms with van der Waals surface area (Å²) < 4.78 is 4.86. The highest BCUT2D eigenvalue weighted by Gasteiger charge is 2.21. The Bertz CT molecular complexity index is 166. The zero-order chi connectivity index (χ0) is 8.97. The van der Waals surface area contributed by atoms with Crippen molar-refractivity contribution in [1.82, 2.24) is 4.90 Å². The molecule has 0 saturated carbocycles. The SMILES string of the molecule is CCOC(=O)N1CCC[C@@H](N)C1.Cl. The molecule has 0 aromatic rings. The van der Waals surface area contributed by atoms with E-state index in [1.807, 2.05) is 6.92 Å². The van der Waals surface area contributed by atoms with Crippen LogP contribution >= 0.6 is 12.4 Å². The van der Waals surface area contributed by atoms with Gasteiger partial charge in [-0.25, -0.2) is 4.79 Å². The Hall–Kier alpha value is -0.480. The Morgan fingerprint density at radius 1 is 1.69 bits per heavy atom. The van der Waals surface area contributed by atoms with E-state index < -0.39 is 0 Å². The average Bonchev–Trinajstić information content (AvgIpc) is 2.05. The van der Waals surface area contributed by atoms with Crippen molar-refractivity contribution in [3.63, 3.8) is 0 Å². The molecular formula is C8H17ClN2O2. The van der Waals surface area contributed by atoms with Gasteiger partial charge in [-0.15, -0.1) is 12.4 Å². The van der Waals surface area contributed by atoms with E-state index >= 15 is 0 Å². The van der Waals surface area contributed by atoms with Gasteiger partial charge >= 0.3 is 6.09 Å². The minimum absolute atomic E-state index is 0. The number of nitrogens with zero attached hydrogens (tertiary/aromatic N) is 1. The summed E-state index contributed by atoms with van der Waals surface area (Å²) in [5.74, 6) is 0. The number of carbonyl (C=O) groups excluding carboxylic acids is 1. The molecule has 1 aliphatic rings. The molecule has 0 aromatic heterocycles. The van der Waals surface area contributed by atoms with Crippen molar-refractivity contribution in [3.05, 3.63) is 0 Å². The van der Waals surface area contributed by atoms with E-state index in [-0.39, 0.29) is 24.5 Å². The molecular weight excluding hydrogens is 192 g/mol. The van der Waals surface area contributed by atoms with Crippen molar-refractivity contribution < 1.29 is 9.53 Å². The molecule has 0 spiro atoms. The molecule has 5 heteroatoms. The molecule has 78 valence electrons. The summed E-state index contributed by atoms with van der Waals surface area (Å²) in [5.41, 5.74) is 5.71. The molecule has 4 nitrogen and oxygen atoms in total. The van der Waals surface area contributed by atoms with E-state index in [1.165, 1.54) is 0 Å². The number of ether oxygens (including phenoxy) is 1. The smallest absolute Gasteiger partial charge is 0.409 e. The predicted octanol–water partition coefficient (Wildman–Crippen LogP) is 0.988. The monoisotopic (exact) mass is 208 g/mol. The minimum atomic E-state index is -0.229. The molecule has 1 rings (SSSR count). The highest BCUT2D eigenvalue weighted by Crippen LogP contribution is 2.08. The normalized spacial score (nSPS) is 22.0. The lowest BCUT2D eigenvalue weighted by atomic mass is 10.1. The van der Waals surface area contributed by atoms with Crippen LogP contribution in [0.5, 0.6) is 0 Å². The number of carbonyl (C=O) groups is 1. The second-order valence-electron chi connectivity index (χ2n) is 3.05. The van der Waals surface area contributed by atoms with Gasteiger partial charge in [0.1, 0.15) is 0 Å². The molecule has 0 bridgehead atoms. The van der Waals surface area contributed by atoms with E-state index in [2.05, 4.69) is 0 Å². The average molecular weight is 209 g/mol. The number of likely N-dealkylation sites (tertiary alicyclic amines) is 1. The van der Waals surface area contributed by atoms with Gasteiger partial charge in [-0.2, -0.15) is 0 Å². The number of amides is 1. The quantitative estimate of drug-likeness (QED) is 0.699. The lowest BCUT2D eigenvalue weighted by Crippen LogP contribution is -2.45. The van der Waals surface area contributed by atoms with Crippen LogP contribution in [0.15, 0.2) is 0 Å². The Morgan fingerprint density at radius 3 is 2.92 bits per heavy atom. The van der Waals surface area contributed by atoms with Crippen LogP contribution in [0.1, 0.15) is 19.8 Å². The standard InChI is InChI=1S/C8H16N2O2.ClH/c1-2-12-8(11)10-5-3-4-7(9)6-10;/h7H,2-6,9H2,1H3;1H/t7-;/m1./s1. The zero-order valence-corrected chi connectivity index (χ0v) is 8.68. The summed E-state index contributed by atoms with van der Waals surface area (Å²) >= 11 is 0. The van der Waals surface area contributed by atoms with Crippen LogP contribution in [0, 0.1) is 0 Å². The summed E-state index contributed by atoms with van der Waals surface area (Å²) in [6.07, 6.45) is 1.77. The summed E-state index contributed by atoms with van der Waals surface area (Å²) in [5, 5.41) is 0. The summed E-state index contributed by atoms with van der Waals surface area (Å²) in [7, 11) is 0. The third kappa shape index (κ3) is 3.83. The maximum absolute atomic E-state index is 11.2. The van der Waals surface area contributed by atoms with Crippen LogP contribution in [0.2, 0.25) is 0 Å².